The molecule has 3 aliphatic rings. The largest absolute Gasteiger partial charge is 0.459 e. The van der Waals surface area contributed by atoms with E-state index in [0.717, 1.165) is 44.2 Å². The highest BCUT2D eigenvalue weighted by atomic mass is 16.7. The van der Waals surface area contributed by atoms with Crippen molar-refractivity contribution in [2.24, 2.45) is 40.7 Å². The number of carbonyl (C=O) groups is 6. The molecule has 3 heterocycles. The van der Waals surface area contributed by atoms with Crippen LogP contribution >= 0.6 is 0 Å². The maximum Gasteiger partial charge on any atom is 0.345 e. The maximum absolute atomic E-state index is 13.5. The molecule has 4 N–H and O–H groups in total. The molecule has 402 valence electrons. The summed E-state index contributed by atoms with van der Waals surface area (Å²) in [5, 5.41) is 40.1. The van der Waals surface area contributed by atoms with Gasteiger partial charge in [0.2, 0.25) is 0 Å². The van der Waals surface area contributed by atoms with E-state index >= 15 is 0 Å². The number of carbonyl (C=O) groups excluding carboxylic acids is 6. The molecule has 13 atom stereocenters. The smallest absolute Gasteiger partial charge is 0.345 e. The van der Waals surface area contributed by atoms with Crippen molar-refractivity contribution in [3.8, 4) is 0 Å². The molecule has 2 aromatic carbocycles. The highest BCUT2D eigenvalue weighted by Gasteiger charge is 2.48. The zero-order chi connectivity index (χ0) is 53.7. The minimum atomic E-state index is -1.65. The van der Waals surface area contributed by atoms with Crippen LogP contribution in [0.3, 0.4) is 0 Å². The van der Waals surface area contributed by atoms with Gasteiger partial charge in [-0.15, -0.1) is 0 Å². The van der Waals surface area contributed by atoms with Gasteiger partial charge in [-0.25, -0.2) is 9.59 Å². The predicted octanol–water partition coefficient (Wildman–Crippen LogP) is 7.46. The van der Waals surface area contributed by atoms with Gasteiger partial charge >= 0.3 is 17.9 Å². The Morgan fingerprint density at radius 3 is 2.14 bits per heavy atom. The van der Waals surface area contributed by atoms with Crippen LogP contribution in [0.5, 0.6) is 0 Å². The van der Waals surface area contributed by atoms with Crippen LogP contribution in [-0.2, 0) is 52.5 Å². The molecule has 3 aliphatic heterocycles. The second-order valence-corrected chi connectivity index (χ2v) is 21.0. The van der Waals surface area contributed by atoms with Crippen molar-refractivity contribution in [1.29, 1.82) is 0 Å². The van der Waals surface area contributed by atoms with E-state index in [2.05, 4.69) is 42.9 Å². The van der Waals surface area contributed by atoms with Crippen LogP contribution in [0.2, 0.25) is 0 Å². The number of amides is 1. The zero-order valence-electron chi connectivity index (χ0n) is 44.2. The number of methoxy groups -OCH3 is 1. The van der Waals surface area contributed by atoms with Gasteiger partial charge in [-0.3, -0.25) is 19.2 Å². The standard InChI is InChI=1S/C56H78N2O15/c1-31(2)51(70-48(64)29-44(61)49-37(8)54(66)71-55(49)67)53(68-10)45(62)28-43(60)36(7)42(59)21-19-34(5)52-35(6)24-26-56(73-52)25-23-33(4)46(72-56)22-20-32(3)38(9)58-69-30-47(63)57-41-18-14-17-40(27-41)50(65)39-15-12-11-13-16-39/h11-18,27,31-36,42,44-46,51-53,59,61-62H,19-26,28-30H2,1-10H3,(H,57,63)/b58-38+/t32-,33+,34+,35-,36-,42-,44+,45+,46-,51+,52-,53-,56+/m0/s1. The number of rotatable bonds is 26. The molecule has 5 rings (SSSR count). The van der Waals surface area contributed by atoms with Gasteiger partial charge in [-0.1, -0.05) is 96.1 Å². The summed E-state index contributed by atoms with van der Waals surface area (Å²) in [5.41, 5.74) is 1.84. The summed E-state index contributed by atoms with van der Waals surface area (Å²) in [4.78, 5) is 81.3. The second-order valence-electron chi connectivity index (χ2n) is 21.0. The van der Waals surface area contributed by atoms with E-state index in [0.29, 0.717) is 35.6 Å². The quantitative estimate of drug-likeness (QED) is 0.0235. The van der Waals surface area contributed by atoms with Crippen LogP contribution in [0.4, 0.5) is 5.69 Å². The summed E-state index contributed by atoms with van der Waals surface area (Å²) >= 11 is 0. The number of aliphatic hydroxyl groups is 3. The number of Topliss-reactive ketones (excluding diaryl/α,β-unsaturated/α-hetero) is 1. The van der Waals surface area contributed by atoms with E-state index in [9.17, 15) is 44.1 Å². The van der Waals surface area contributed by atoms with Gasteiger partial charge in [0.25, 0.3) is 5.91 Å². The van der Waals surface area contributed by atoms with E-state index in [1.165, 1.54) is 14.0 Å². The first kappa shape index (κ1) is 58.7. The number of benzene rings is 2. The molecule has 0 bridgehead atoms. The van der Waals surface area contributed by atoms with Gasteiger partial charge in [0.1, 0.15) is 18.0 Å². The number of ketones is 2. The molecule has 0 unspecified atom stereocenters. The molecule has 0 aliphatic carbocycles. The molecule has 17 nitrogen and oxygen atoms in total. The lowest BCUT2D eigenvalue weighted by Crippen LogP contribution is -2.53. The molecule has 0 saturated carbocycles. The number of hydrogen-bond acceptors (Lipinski definition) is 16. The van der Waals surface area contributed by atoms with Gasteiger partial charge in [-0.05, 0) is 94.1 Å². The molecular weight excluding hydrogens is 941 g/mol. The minimum absolute atomic E-state index is 0.0315. The van der Waals surface area contributed by atoms with Crippen LogP contribution in [-0.4, -0.2) is 119 Å². The number of anilines is 1. The molecule has 2 saturated heterocycles. The first-order valence-electron chi connectivity index (χ1n) is 25.8. The van der Waals surface area contributed by atoms with E-state index < -0.39 is 84.2 Å². The Hall–Kier alpha value is -5.17. The molecular formula is C56H78N2O15. The monoisotopic (exact) mass is 1020 g/mol. The normalized spacial score (nSPS) is 24.8. The minimum Gasteiger partial charge on any atom is -0.459 e. The van der Waals surface area contributed by atoms with Gasteiger partial charge in [-0.2, -0.15) is 0 Å². The molecule has 73 heavy (non-hydrogen) atoms. The summed E-state index contributed by atoms with van der Waals surface area (Å²) in [6.45, 7) is 16.5. The molecule has 0 radical (unpaired) electrons. The van der Waals surface area contributed by atoms with Crippen LogP contribution < -0.4 is 5.32 Å². The number of nitrogens with zero attached hydrogens (tertiary/aromatic N) is 1. The van der Waals surface area contributed by atoms with Crippen molar-refractivity contribution >= 4 is 46.8 Å². The summed E-state index contributed by atoms with van der Waals surface area (Å²) in [6, 6.07) is 15.7. The van der Waals surface area contributed by atoms with Crippen LogP contribution in [0.1, 0.15) is 142 Å². The average molecular weight is 1020 g/mol. The highest BCUT2D eigenvalue weighted by molar-refractivity contribution is 6.13. The van der Waals surface area contributed by atoms with Crippen molar-refractivity contribution in [2.75, 3.05) is 19.0 Å². The number of ether oxygens (including phenoxy) is 5. The van der Waals surface area contributed by atoms with Crippen molar-refractivity contribution < 1.29 is 72.6 Å². The number of oxime groups is 1. The van der Waals surface area contributed by atoms with Crippen LogP contribution in [0.15, 0.2) is 70.9 Å². The maximum atomic E-state index is 13.5. The number of hydrogen-bond donors (Lipinski definition) is 4. The lowest BCUT2D eigenvalue weighted by atomic mass is 9.79. The summed E-state index contributed by atoms with van der Waals surface area (Å²) in [5.74, 6) is -5.09. The Morgan fingerprint density at radius 2 is 1.49 bits per heavy atom. The second kappa shape index (κ2) is 26.9. The summed E-state index contributed by atoms with van der Waals surface area (Å²) in [6.07, 6.45) is -1.61. The van der Waals surface area contributed by atoms with Crippen LogP contribution in [0.25, 0.3) is 0 Å². The lowest BCUT2D eigenvalue weighted by Gasteiger charge is -2.51. The van der Waals surface area contributed by atoms with Gasteiger partial charge in [0.05, 0.1) is 48.2 Å². The summed E-state index contributed by atoms with van der Waals surface area (Å²) in [7, 11) is 1.31. The third kappa shape index (κ3) is 15.9. The average Bonchev–Trinajstić information content (AvgIpc) is 3.62. The number of aliphatic hydroxyl groups excluding tert-OH is 3. The Kier molecular flexibility index (Phi) is 21.6. The number of nitrogens with one attached hydrogen (secondary N) is 1. The summed E-state index contributed by atoms with van der Waals surface area (Å²) < 4.78 is 29.5. The third-order valence-corrected chi connectivity index (χ3v) is 15.0. The van der Waals surface area contributed by atoms with Crippen LogP contribution in [0, 0.1) is 35.5 Å². The van der Waals surface area contributed by atoms with E-state index in [1.54, 1.807) is 69.3 Å². The molecule has 1 spiro atoms. The van der Waals surface area contributed by atoms with Crippen molar-refractivity contribution in [1.82, 2.24) is 0 Å². The molecule has 2 aromatic rings. The third-order valence-electron chi connectivity index (χ3n) is 15.0. The van der Waals surface area contributed by atoms with Gasteiger partial charge in [0, 0.05) is 54.7 Å². The first-order valence-corrected chi connectivity index (χ1v) is 25.8. The Bertz CT molecular complexity index is 2290. The van der Waals surface area contributed by atoms with E-state index in [1.807, 2.05) is 13.0 Å². The Labute approximate surface area is 429 Å². The Balaban J connectivity index is 1.06. The fourth-order valence-electron chi connectivity index (χ4n) is 10.00. The highest BCUT2D eigenvalue weighted by Crippen LogP contribution is 2.46. The Morgan fingerprint density at radius 1 is 0.822 bits per heavy atom. The fraction of sp³-hybridized carbons (Fsp3) is 0.625. The first-order chi connectivity index (χ1) is 34.5. The van der Waals surface area contributed by atoms with Crippen molar-refractivity contribution in [2.45, 2.75) is 175 Å². The lowest BCUT2D eigenvalue weighted by molar-refractivity contribution is -0.338. The predicted molar refractivity (Wildman–Crippen MR) is 271 cm³/mol. The van der Waals surface area contributed by atoms with Gasteiger partial charge in [0.15, 0.2) is 18.2 Å². The van der Waals surface area contributed by atoms with Crippen molar-refractivity contribution in [3.05, 3.63) is 76.9 Å². The van der Waals surface area contributed by atoms with E-state index in [-0.39, 0.29) is 59.9 Å². The van der Waals surface area contributed by atoms with Crippen molar-refractivity contribution in [3.63, 3.8) is 0 Å². The molecule has 2 fully saturated rings. The fourth-order valence-corrected chi connectivity index (χ4v) is 10.00. The van der Waals surface area contributed by atoms with Gasteiger partial charge < -0.3 is 49.2 Å². The molecule has 1 amide bonds. The molecule has 17 heteroatoms. The zero-order valence-corrected chi connectivity index (χ0v) is 44.2. The topological polar surface area (TPSA) is 243 Å². The molecule has 0 aromatic heterocycles. The SMILES string of the molecule is CO[C@@H]([C@H](O)CC(=O)[C@@H](C)[C@@H](O)CC[C@@H](C)[C@@H]1O[C@]2(CC[C@@H](C)[C@H](CC[C@H](C)/C(C)=N/OCC(=O)Nc3cccc(C(=O)c4ccccc4)c3)O2)CC[C@@H]1C)[C@H](OC(=O)C[C@@H](O)C1=C(C)C(=O)OC1=O)C(C)C. The number of esters is 3. The van der Waals surface area contributed by atoms with E-state index in [4.69, 9.17) is 23.8 Å². The number of cyclic esters (lactones) is 2.